The van der Waals surface area contributed by atoms with E-state index in [1.165, 1.54) is 0 Å². The molecule has 1 aliphatic heterocycles. The van der Waals surface area contributed by atoms with Gasteiger partial charge in [0.05, 0.1) is 47.5 Å². The zero-order valence-electron chi connectivity index (χ0n) is 42.0. The number of hydrogen-bond donors (Lipinski definition) is 1. The Morgan fingerprint density at radius 3 is 1.48 bits per heavy atom. The van der Waals surface area contributed by atoms with Crippen LogP contribution in [-0.2, 0) is 25.0 Å². The van der Waals surface area contributed by atoms with Crippen molar-refractivity contribution in [1.82, 2.24) is 19.5 Å². The topological polar surface area (TPSA) is 120 Å². The zero-order chi connectivity index (χ0) is 49.8. The Balaban J connectivity index is 1.16. The molecule has 0 radical (unpaired) electrons. The maximum Gasteiger partial charge on any atom is 0.192 e. The molecule has 13 heteroatoms. The lowest BCUT2D eigenvalue weighted by Gasteiger charge is -2.40. The summed E-state index contributed by atoms with van der Waals surface area (Å²) in [6.07, 6.45) is 2.32. The van der Waals surface area contributed by atoms with Gasteiger partial charge in [0.15, 0.2) is 25.3 Å². The fourth-order valence-corrected chi connectivity index (χ4v) is 10.3. The smallest absolute Gasteiger partial charge is 0.192 e. The third kappa shape index (κ3) is 9.50. The van der Waals surface area contributed by atoms with E-state index in [9.17, 15) is 0 Å². The molecule has 366 valence electrons. The Labute approximate surface area is 418 Å². The van der Waals surface area contributed by atoms with E-state index in [1.54, 1.807) is 41.1 Å². The molecule has 0 saturated carbocycles. The van der Waals surface area contributed by atoms with Crippen LogP contribution in [0.3, 0.4) is 0 Å². The fourth-order valence-electron chi connectivity index (χ4n) is 9.33. The summed E-state index contributed by atoms with van der Waals surface area (Å²) >= 11 is 0. The number of nitrogens with zero attached hydrogens (tertiary/aromatic N) is 4. The molecule has 8 aromatic rings. The van der Waals surface area contributed by atoms with Gasteiger partial charge in [-0.2, -0.15) is 0 Å². The number of anilines is 1. The van der Waals surface area contributed by atoms with Crippen LogP contribution in [0.5, 0.6) is 23.0 Å². The predicted octanol–water partition coefficient (Wildman–Crippen LogP) is 12.0. The zero-order valence-corrected chi connectivity index (χ0v) is 43.0. The number of methoxy groups -OCH3 is 4. The lowest BCUT2D eigenvalue weighted by atomic mass is 9.77. The second kappa shape index (κ2) is 20.4. The van der Waals surface area contributed by atoms with Crippen molar-refractivity contribution in [3.05, 3.63) is 204 Å². The van der Waals surface area contributed by atoms with Gasteiger partial charge in [0.1, 0.15) is 52.8 Å². The van der Waals surface area contributed by atoms with Crippen LogP contribution >= 0.6 is 0 Å². The molecule has 1 N–H and O–H groups in total. The molecular weight excluding hydrogens is 907 g/mol. The van der Waals surface area contributed by atoms with Crippen LogP contribution < -0.4 is 24.3 Å². The highest BCUT2D eigenvalue weighted by atomic mass is 28.4. The van der Waals surface area contributed by atoms with Crippen LogP contribution in [-0.4, -0.2) is 75.1 Å². The molecule has 0 amide bonds. The van der Waals surface area contributed by atoms with Gasteiger partial charge >= 0.3 is 0 Å². The summed E-state index contributed by atoms with van der Waals surface area (Å²) in [7, 11) is 4.43. The van der Waals surface area contributed by atoms with Crippen LogP contribution in [0.15, 0.2) is 170 Å². The molecule has 9 rings (SSSR count). The molecule has 3 atom stereocenters. The van der Waals surface area contributed by atoms with Crippen molar-refractivity contribution >= 4 is 25.3 Å². The number of benzene rings is 6. The Morgan fingerprint density at radius 2 is 1.01 bits per heavy atom. The number of imidazole rings is 1. The van der Waals surface area contributed by atoms with Gasteiger partial charge in [0.2, 0.25) is 0 Å². The average Bonchev–Trinajstić information content (AvgIpc) is 4.03. The monoisotopic (exact) mass is 969 g/mol. The standard InChI is InChI=1S/C58H63N5O7Si/c1-56(2,3)71(8,9)68-37-51-50(70-58(43-18-14-11-15-19-43,44-24-32-48(66-6)33-25-44)45-26-34-49(67-7)35-27-45)36-52(69-51)63-39-61-53-54(59-38-60-55(53)63)62-57(40-16-12-10-13-17-40,41-20-28-46(64-4)29-21-41)42-22-30-47(65-5)31-23-42/h10-35,38-39,50-52H,36-37H2,1-9H3,(H,59,60,62)/t50-,51+,52+/m0/s1. The van der Waals surface area contributed by atoms with Crippen LogP contribution in [0.2, 0.25) is 18.1 Å². The van der Waals surface area contributed by atoms with E-state index in [0.29, 0.717) is 30.0 Å². The summed E-state index contributed by atoms with van der Waals surface area (Å²) in [4.78, 5) is 14.9. The quantitative estimate of drug-likeness (QED) is 0.0653. The normalized spacial score (nSPS) is 16.4. The van der Waals surface area contributed by atoms with Gasteiger partial charge in [-0.05, 0) is 100 Å². The average molecular weight is 970 g/mol. The summed E-state index contributed by atoms with van der Waals surface area (Å²) in [6, 6.07) is 53.1. The molecule has 0 unspecified atom stereocenters. The van der Waals surface area contributed by atoms with Crippen molar-refractivity contribution < 1.29 is 32.8 Å². The van der Waals surface area contributed by atoms with Crippen LogP contribution in [0, 0.1) is 0 Å². The van der Waals surface area contributed by atoms with Crippen molar-refractivity contribution in [2.75, 3.05) is 40.4 Å². The Hall–Kier alpha value is -7.03. The van der Waals surface area contributed by atoms with E-state index in [2.05, 4.69) is 112 Å². The number of rotatable bonds is 18. The molecule has 1 aliphatic rings. The molecule has 2 aromatic heterocycles. The van der Waals surface area contributed by atoms with Crippen LogP contribution in [0.25, 0.3) is 11.2 Å². The van der Waals surface area contributed by atoms with Gasteiger partial charge in [-0.25, -0.2) is 15.0 Å². The minimum atomic E-state index is -2.26. The highest BCUT2D eigenvalue weighted by Gasteiger charge is 2.48. The molecular formula is C58H63N5O7Si. The highest BCUT2D eigenvalue weighted by molar-refractivity contribution is 6.74. The Bertz CT molecular complexity index is 2910. The number of nitrogens with one attached hydrogen (secondary N) is 1. The second-order valence-electron chi connectivity index (χ2n) is 19.3. The first-order chi connectivity index (χ1) is 34.3. The first kappa shape index (κ1) is 49.0. The number of fused-ring (bicyclic) bond motifs is 1. The maximum atomic E-state index is 7.81. The molecule has 1 saturated heterocycles. The van der Waals surface area contributed by atoms with Gasteiger partial charge in [0.25, 0.3) is 0 Å². The van der Waals surface area contributed by atoms with Crippen molar-refractivity contribution in [1.29, 1.82) is 0 Å². The van der Waals surface area contributed by atoms with E-state index in [-0.39, 0.29) is 5.04 Å². The van der Waals surface area contributed by atoms with Crippen molar-refractivity contribution in [3.8, 4) is 23.0 Å². The lowest BCUT2D eigenvalue weighted by molar-refractivity contribution is -0.0971. The fraction of sp³-hybridized carbons (Fsp3) is 0.293. The lowest BCUT2D eigenvalue weighted by Crippen LogP contribution is -2.46. The molecule has 0 bridgehead atoms. The summed E-state index contributed by atoms with van der Waals surface area (Å²) in [6.45, 7) is 11.6. The molecule has 3 heterocycles. The number of aromatic nitrogens is 4. The largest absolute Gasteiger partial charge is 0.497 e. The maximum absolute atomic E-state index is 7.81. The first-order valence-electron chi connectivity index (χ1n) is 24.0. The van der Waals surface area contributed by atoms with Gasteiger partial charge in [0, 0.05) is 6.42 Å². The predicted molar refractivity (Wildman–Crippen MR) is 280 cm³/mol. The molecule has 71 heavy (non-hydrogen) atoms. The minimum Gasteiger partial charge on any atom is -0.497 e. The second-order valence-corrected chi connectivity index (χ2v) is 24.2. The SMILES string of the molecule is COc1ccc(C(Nc2ncnc3c2ncn3[C@H]2C[C@H](OC(c3ccccc3)(c3ccc(OC)cc3)c3ccc(OC)cc3)[C@@H](CO[Si](C)(C)C(C)(C)C)O2)(c2ccccc2)c2ccc(OC)cc2)cc1. The van der Waals surface area contributed by atoms with E-state index < -0.39 is 37.9 Å². The first-order valence-corrected chi connectivity index (χ1v) is 26.9. The number of ether oxygens (including phenoxy) is 6. The summed E-state index contributed by atoms with van der Waals surface area (Å²) in [5, 5.41) is 3.89. The van der Waals surface area contributed by atoms with Gasteiger partial charge in [-0.1, -0.05) is 130 Å². The van der Waals surface area contributed by atoms with Gasteiger partial charge in [-0.15, -0.1) is 0 Å². The van der Waals surface area contributed by atoms with E-state index in [0.717, 1.165) is 56.4 Å². The summed E-state index contributed by atoms with van der Waals surface area (Å²) < 4.78 is 46.6. The van der Waals surface area contributed by atoms with E-state index in [1.807, 2.05) is 89.5 Å². The Kier molecular flexibility index (Phi) is 14.0. The van der Waals surface area contributed by atoms with Gasteiger partial charge < -0.3 is 38.2 Å². The van der Waals surface area contributed by atoms with Crippen molar-refractivity contribution in [2.24, 2.45) is 0 Å². The molecule has 0 aliphatic carbocycles. The van der Waals surface area contributed by atoms with Crippen molar-refractivity contribution in [2.45, 2.75) is 74.9 Å². The summed E-state index contributed by atoms with van der Waals surface area (Å²) in [5.41, 5.74) is 4.83. The van der Waals surface area contributed by atoms with Crippen LogP contribution in [0.1, 0.15) is 66.8 Å². The third-order valence-electron chi connectivity index (χ3n) is 14.3. The van der Waals surface area contributed by atoms with Crippen LogP contribution in [0.4, 0.5) is 5.82 Å². The minimum absolute atomic E-state index is 0.0329. The molecule has 12 nitrogen and oxygen atoms in total. The van der Waals surface area contributed by atoms with E-state index >= 15 is 0 Å². The molecule has 6 aromatic carbocycles. The summed E-state index contributed by atoms with van der Waals surface area (Å²) in [5.74, 6) is 3.51. The Morgan fingerprint density at radius 1 is 0.577 bits per heavy atom. The molecule has 1 fully saturated rings. The highest BCUT2D eigenvalue weighted by Crippen LogP contribution is 2.48. The van der Waals surface area contributed by atoms with E-state index in [4.69, 9.17) is 47.8 Å². The van der Waals surface area contributed by atoms with Gasteiger partial charge in [-0.3, -0.25) is 4.57 Å². The molecule has 0 spiro atoms. The van der Waals surface area contributed by atoms with Crippen molar-refractivity contribution in [3.63, 3.8) is 0 Å². The number of hydrogen-bond acceptors (Lipinski definition) is 11. The third-order valence-corrected chi connectivity index (χ3v) is 18.8.